The highest BCUT2D eigenvalue weighted by atomic mass is 19.1. The minimum atomic E-state index is -1.99. The zero-order chi connectivity index (χ0) is 29.0. The molecule has 1 aromatic carbocycles. The van der Waals surface area contributed by atoms with E-state index >= 15 is 4.39 Å². The van der Waals surface area contributed by atoms with Crippen LogP contribution in [-0.2, 0) is 34.7 Å². The number of hydrogen-bond acceptors (Lipinski definition) is 8. The fourth-order valence-electron chi connectivity index (χ4n) is 6.81. The SMILES string of the molecule is CC[C@@]1(O)C(=O)OCc2c1cc1n(c2=O)Cc2c-1nc1cc(F)c(C)c3c1c2[C@@H](c1cc(O)cnc1C(N)=O)CC3. The van der Waals surface area contributed by atoms with E-state index in [1.165, 1.54) is 16.7 Å². The first-order valence-electron chi connectivity index (χ1n) is 13.4. The van der Waals surface area contributed by atoms with Crippen LogP contribution in [-0.4, -0.2) is 36.6 Å². The maximum absolute atomic E-state index is 15.1. The third kappa shape index (κ3) is 3.29. The minimum absolute atomic E-state index is 0.00129. The lowest BCUT2D eigenvalue weighted by Gasteiger charge is -2.31. The van der Waals surface area contributed by atoms with Crippen molar-refractivity contribution in [1.29, 1.82) is 0 Å². The van der Waals surface area contributed by atoms with Gasteiger partial charge in [0.2, 0.25) is 0 Å². The number of cyclic esters (lactones) is 1. The monoisotopic (exact) mass is 556 g/mol. The summed E-state index contributed by atoms with van der Waals surface area (Å²) in [6.45, 7) is 3.20. The number of esters is 1. The summed E-state index contributed by atoms with van der Waals surface area (Å²) >= 11 is 0. The Kier molecular flexibility index (Phi) is 5.21. The maximum Gasteiger partial charge on any atom is 0.343 e. The zero-order valence-corrected chi connectivity index (χ0v) is 22.2. The van der Waals surface area contributed by atoms with E-state index in [1.54, 1.807) is 19.9 Å². The van der Waals surface area contributed by atoms with Crippen LogP contribution in [0.5, 0.6) is 5.75 Å². The molecule has 1 amide bonds. The van der Waals surface area contributed by atoms with Crippen molar-refractivity contribution in [3.63, 3.8) is 0 Å². The fraction of sp³-hybridized carbons (Fsp3) is 0.300. The largest absolute Gasteiger partial charge is 0.506 e. The predicted octanol–water partition coefficient (Wildman–Crippen LogP) is 2.80. The Morgan fingerprint density at radius 1 is 1.24 bits per heavy atom. The molecule has 2 atom stereocenters. The number of aromatic nitrogens is 3. The number of carbonyl (C=O) groups excluding carboxylic acids is 2. The summed E-state index contributed by atoms with van der Waals surface area (Å²) in [5.41, 5.74) is 7.99. The van der Waals surface area contributed by atoms with Gasteiger partial charge < -0.3 is 25.3 Å². The number of hydrogen-bond donors (Lipinski definition) is 3. The number of amides is 1. The highest BCUT2D eigenvalue weighted by Gasteiger charge is 2.46. The maximum atomic E-state index is 15.1. The van der Waals surface area contributed by atoms with Crippen LogP contribution >= 0.6 is 0 Å². The second-order valence-electron chi connectivity index (χ2n) is 10.9. The van der Waals surface area contributed by atoms with Gasteiger partial charge in [0.15, 0.2) is 5.60 Å². The van der Waals surface area contributed by atoms with Gasteiger partial charge in [0, 0.05) is 28.5 Å². The molecule has 0 spiro atoms. The van der Waals surface area contributed by atoms with Crippen LogP contribution in [0.2, 0.25) is 0 Å². The zero-order valence-electron chi connectivity index (χ0n) is 22.2. The van der Waals surface area contributed by atoms with Crippen LogP contribution in [0.1, 0.15) is 75.1 Å². The van der Waals surface area contributed by atoms with Crippen LogP contribution in [0.25, 0.3) is 22.3 Å². The lowest BCUT2D eigenvalue weighted by molar-refractivity contribution is -0.172. The van der Waals surface area contributed by atoms with Crippen molar-refractivity contribution in [2.45, 2.75) is 57.8 Å². The smallest absolute Gasteiger partial charge is 0.343 e. The molecule has 10 nitrogen and oxygen atoms in total. The number of halogens is 1. The van der Waals surface area contributed by atoms with Crippen molar-refractivity contribution in [1.82, 2.24) is 14.5 Å². The highest BCUT2D eigenvalue weighted by molar-refractivity contribution is 5.96. The van der Waals surface area contributed by atoms with Crippen LogP contribution in [0.4, 0.5) is 4.39 Å². The summed E-state index contributed by atoms with van der Waals surface area (Å²) in [5, 5.41) is 22.3. The number of pyridine rings is 3. The number of ether oxygens (including phenoxy) is 1. The van der Waals surface area contributed by atoms with Crippen molar-refractivity contribution in [2.75, 3.05) is 0 Å². The van der Waals surface area contributed by atoms with E-state index in [-0.39, 0.29) is 42.1 Å². The van der Waals surface area contributed by atoms with Gasteiger partial charge in [-0.05, 0) is 60.6 Å². The third-order valence-electron chi connectivity index (χ3n) is 8.89. The van der Waals surface area contributed by atoms with E-state index in [0.29, 0.717) is 46.4 Å². The summed E-state index contributed by atoms with van der Waals surface area (Å²) in [7, 11) is 0. The molecule has 0 unspecified atom stereocenters. The molecule has 1 aliphatic carbocycles. The summed E-state index contributed by atoms with van der Waals surface area (Å²) < 4.78 is 21.8. The molecule has 4 N–H and O–H groups in total. The van der Waals surface area contributed by atoms with Gasteiger partial charge in [0.25, 0.3) is 11.5 Å². The van der Waals surface area contributed by atoms with Crippen molar-refractivity contribution < 1.29 is 28.9 Å². The molecule has 41 heavy (non-hydrogen) atoms. The summed E-state index contributed by atoms with van der Waals surface area (Å²) in [6, 6.07) is 4.43. The van der Waals surface area contributed by atoms with Crippen LogP contribution in [0, 0.1) is 12.7 Å². The van der Waals surface area contributed by atoms with E-state index in [0.717, 1.165) is 22.7 Å². The van der Waals surface area contributed by atoms with E-state index in [4.69, 9.17) is 15.5 Å². The summed E-state index contributed by atoms with van der Waals surface area (Å²) in [4.78, 5) is 47.7. The van der Waals surface area contributed by atoms with Gasteiger partial charge in [0.05, 0.1) is 35.2 Å². The Morgan fingerprint density at radius 3 is 2.76 bits per heavy atom. The number of aryl methyl sites for hydroxylation is 1. The predicted molar refractivity (Wildman–Crippen MR) is 144 cm³/mol. The number of nitrogens with two attached hydrogens (primary N) is 1. The standard InChI is InChI=1S/C30H25FN4O6/c1-3-30(40)19-7-22-25-17(10-35(22)28(38)18(19)11-41-29(30)39)23-15(16-6-13(36)9-33-26(16)27(32)37)5-4-14-12(2)20(31)8-21(34-25)24(14)23/h6-9,15,36,40H,3-5,10-11H2,1-2H3,(H2,32,37)/t15-,30+/m1/s1. The van der Waals surface area contributed by atoms with Gasteiger partial charge in [0.1, 0.15) is 23.9 Å². The Labute approximate surface area is 232 Å². The number of primary amides is 1. The molecule has 4 aromatic rings. The Hall–Kier alpha value is -4.64. The molecule has 0 fully saturated rings. The molecule has 208 valence electrons. The molecule has 0 saturated carbocycles. The van der Waals surface area contributed by atoms with Crippen LogP contribution in [0.15, 0.2) is 29.2 Å². The topological polar surface area (TPSA) is 158 Å². The number of nitrogens with zero attached hydrogens (tertiary/aromatic N) is 3. The van der Waals surface area contributed by atoms with Gasteiger partial charge in [-0.15, -0.1) is 0 Å². The van der Waals surface area contributed by atoms with Crippen molar-refractivity contribution >= 4 is 22.8 Å². The minimum Gasteiger partial charge on any atom is -0.506 e. The molecule has 0 radical (unpaired) electrons. The number of fused-ring (bicyclic) bond motifs is 5. The normalized spacial score (nSPS) is 20.4. The lowest BCUT2D eigenvalue weighted by Crippen LogP contribution is -2.44. The Morgan fingerprint density at radius 2 is 2.02 bits per heavy atom. The second-order valence-corrected chi connectivity index (χ2v) is 10.9. The van der Waals surface area contributed by atoms with E-state index in [1.807, 2.05) is 0 Å². The molecular weight excluding hydrogens is 531 g/mol. The first-order valence-corrected chi connectivity index (χ1v) is 13.4. The second kappa shape index (κ2) is 8.43. The molecule has 11 heteroatoms. The molecule has 3 aromatic heterocycles. The first-order chi connectivity index (χ1) is 19.5. The lowest BCUT2D eigenvalue weighted by atomic mass is 9.75. The van der Waals surface area contributed by atoms with Crippen LogP contribution in [0.3, 0.4) is 0 Å². The van der Waals surface area contributed by atoms with Crippen LogP contribution < -0.4 is 11.3 Å². The quantitative estimate of drug-likeness (QED) is 0.286. The molecular formula is C30H25FN4O6. The molecule has 5 heterocycles. The number of aromatic hydroxyl groups is 1. The molecule has 3 aliphatic rings. The third-order valence-corrected chi connectivity index (χ3v) is 8.89. The number of rotatable bonds is 3. The number of benzene rings is 1. The number of aliphatic hydroxyl groups is 1. The van der Waals surface area contributed by atoms with Crippen molar-refractivity contribution in [3.05, 3.63) is 85.2 Å². The molecule has 2 aliphatic heterocycles. The summed E-state index contributed by atoms with van der Waals surface area (Å²) in [6.07, 6.45) is 2.11. The molecule has 0 saturated heterocycles. The van der Waals surface area contributed by atoms with E-state index in [2.05, 4.69) is 4.98 Å². The average molecular weight is 557 g/mol. The van der Waals surface area contributed by atoms with E-state index in [9.17, 15) is 24.6 Å². The van der Waals surface area contributed by atoms with Gasteiger partial charge in [-0.2, -0.15) is 0 Å². The van der Waals surface area contributed by atoms with Gasteiger partial charge >= 0.3 is 5.97 Å². The summed E-state index contributed by atoms with van der Waals surface area (Å²) in [5.74, 6) is -2.59. The van der Waals surface area contributed by atoms with Gasteiger partial charge in [-0.25, -0.2) is 19.2 Å². The van der Waals surface area contributed by atoms with Crippen molar-refractivity contribution in [3.8, 4) is 17.1 Å². The number of carbonyl (C=O) groups is 2. The Bertz CT molecular complexity index is 1950. The van der Waals surface area contributed by atoms with Crippen molar-refractivity contribution in [2.24, 2.45) is 5.73 Å². The Balaban J connectivity index is 1.57. The first kappa shape index (κ1) is 25.3. The van der Waals surface area contributed by atoms with E-state index < -0.39 is 34.8 Å². The molecule has 0 bridgehead atoms. The average Bonchev–Trinajstić information content (AvgIpc) is 3.32. The fourth-order valence-corrected chi connectivity index (χ4v) is 6.81. The van der Waals surface area contributed by atoms with Gasteiger partial charge in [-0.1, -0.05) is 6.92 Å². The van der Waals surface area contributed by atoms with Gasteiger partial charge in [-0.3, -0.25) is 9.59 Å². The molecule has 7 rings (SSSR count). The highest BCUT2D eigenvalue weighted by Crippen LogP contribution is 2.49.